The number of aryl methyl sites for hydroxylation is 1. The molecule has 0 unspecified atom stereocenters. The van der Waals surface area contributed by atoms with Crippen molar-refractivity contribution < 1.29 is 4.74 Å². The van der Waals surface area contributed by atoms with E-state index in [0.29, 0.717) is 0 Å². The van der Waals surface area contributed by atoms with E-state index >= 15 is 0 Å². The Kier molecular flexibility index (Phi) is 6.51. The second-order valence-corrected chi connectivity index (χ2v) is 9.85. The highest BCUT2D eigenvalue weighted by Crippen LogP contribution is 2.31. The number of methoxy groups -OCH3 is 1. The first-order valence-corrected chi connectivity index (χ1v) is 12.4. The van der Waals surface area contributed by atoms with E-state index in [4.69, 9.17) is 9.72 Å². The number of piperazine rings is 1. The van der Waals surface area contributed by atoms with Crippen molar-refractivity contribution in [3.05, 3.63) is 90.6 Å². The van der Waals surface area contributed by atoms with Gasteiger partial charge in [-0.05, 0) is 79.9 Å². The van der Waals surface area contributed by atoms with Crippen molar-refractivity contribution in [2.45, 2.75) is 26.3 Å². The zero-order valence-electron chi connectivity index (χ0n) is 21.4. The van der Waals surface area contributed by atoms with Crippen LogP contribution in [-0.4, -0.2) is 42.3 Å². The number of aromatic nitrogens is 2. The molecule has 6 nitrogen and oxygen atoms in total. The van der Waals surface area contributed by atoms with Gasteiger partial charge in [0.1, 0.15) is 11.6 Å². The lowest BCUT2D eigenvalue weighted by Gasteiger charge is -2.48. The number of ether oxygens (including phenoxy) is 1. The fourth-order valence-electron chi connectivity index (χ4n) is 4.89. The molecule has 36 heavy (non-hydrogen) atoms. The van der Waals surface area contributed by atoms with Crippen LogP contribution in [0.25, 0.3) is 11.1 Å². The number of hydrogen-bond acceptors (Lipinski definition) is 6. The Morgan fingerprint density at radius 3 is 2.36 bits per heavy atom. The lowest BCUT2D eigenvalue weighted by molar-refractivity contribution is 0.408. The van der Waals surface area contributed by atoms with Crippen LogP contribution in [0.3, 0.4) is 0 Å². The average molecular weight is 480 g/mol. The number of rotatable bonds is 6. The fraction of sp³-hybridized carbons (Fsp3) is 0.267. The molecular formula is C30H33N5O. The highest BCUT2D eigenvalue weighted by Gasteiger charge is 2.35. The van der Waals surface area contributed by atoms with Crippen LogP contribution < -0.4 is 19.9 Å². The van der Waals surface area contributed by atoms with Crippen LogP contribution in [0, 0.1) is 6.92 Å². The maximum absolute atomic E-state index is 5.32. The molecule has 2 heterocycles. The van der Waals surface area contributed by atoms with Crippen molar-refractivity contribution in [2.75, 3.05) is 41.9 Å². The summed E-state index contributed by atoms with van der Waals surface area (Å²) in [5.74, 6) is 2.42. The molecule has 0 radical (unpaired) electrons. The van der Waals surface area contributed by atoms with Crippen molar-refractivity contribution in [2.24, 2.45) is 0 Å². The molecular weight excluding hydrogens is 446 g/mol. The molecule has 1 aromatic heterocycles. The van der Waals surface area contributed by atoms with E-state index in [0.717, 1.165) is 42.8 Å². The van der Waals surface area contributed by atoms with Crippen LogP contribution in [0.2, 0.25) is 0 Å². The van der Waals surface area contributed by atoms with Gasteiger partial charge in [-0.3, -0.25) is 0 Å². The number of nitrogens with one attached hydrogen (secondary N) is 1. The summed E-state index contributed by atoms with van der Waals surface area (Å²) in [6.07, 6.45) is 1.83. The van der Waals surface area contributed by atoms with Crippen LogP contribution in [0.5, 0.6) is 5.75 Å². The molecule has 5 rings (SSSR count). The molecule has 1 fully saturated rings. The predicted octanol–water partition coefficient (Wildman–Crippen LogP) is 6.31. The molecule has 0 saturated carbocycles. The summed E-state index contributed by atoms with van der Waals surface area (Å²) < 4.78 is 5.32. The monoisotopic (exact) mass is 479 g/mol. The summed E-state index contributed by atoms with van der Waals surface area (Å²) in [6, 6.07) is 27.1. The molecule has 3 aromatic carbocycles. The second kappa shape index (κ2) is 9.90. The summed E-state index contributed by atoms with van der Waals surface area (Å²) in [4.78, 5) is 14.2. The largest absolute Gasteiger partial charge is 0.497 e. The Bertz CT molecular complexity index is 1320. The van der Waals surface area contributed by atoms with Crippen LogP contribution >= 0.6 is 0 Å². The summed E-state index contributed by atoms with van der Waals surface area (Å²) in [7, 11) is 1.70. The Balaban J connectivity index is 1.30. The van der Waals surface area contributed by atoms with Gasteiger partial charge in [-0.2, -0.15) is 4.98 Å². The molecule has 0 atom stereocenters. The summed E-state index contributed by atoms with van der Waals surface area (Å²) in [5.41, 5.74) is 5.76. The van der Waals surface area contributed by atoms with E-state index in [1.165, 1.54) is 22.4 Å². The molecule has 0 bridgehead atoms. The smallest absolute Gasteiger partial charge is 0.227 e. The summed E-state index contributed by atoms with van der Waals surface area (Å²) in [6.45, 7) is 9.22. The van der Waals surface area contributed by atoms with Gasteiger partial charge in [0, 0.05) is 37.2 Å². The topological polar surface area (TPSA) is 53.5 Å². The number of benzene rings is 3. The molecule has 6 heteroatoms. The van der Waals surface area contributed by atoms with Crippen molar-refractivity contribution in [1.29, 1.82) is 0 Å². The minimum Gasteiger partial charge on any atom is -0.497 e. The number of anilines is 4. The molecule has 1 saturated heterocycles. The van der Waals surface area contributed by atoms with E-state index in [1.807, 2.05) is 30.5 Å². The second-order valence-electron chi connectivity index (χ2n) is 9.85. The van der Waals surface area contributed by atoms with Crippen LogP contribution in [0.1, 0.15) is 19.4 Å². The average Bonchev–Trinajstić information content (AvgIpc) is 2.90. The van der Waals surface area contributed by atoms with Gasteiger partial charge in [0.15, 0.2) is 0 Å². The van der Waals surface area contributed by atoms with Gasteiger partial charge < -0.3 is 19.9 Å². The van der Waals surface area contributed by atoms with Gasteiger partial charge in [-0.1, -0.05) is 36.4 Å². The van der Waals surface area contributed by atoms with Gasteiger partial charge >= 0.3 is 0 Å². The normalized spacial score (nSPS) is 15.0. The fourth-order valence-corrected chi connectivity index (χ4v) is 4.89. The third-order valence-corrected chi connectivity index (χ3v) is 6.81. The Labute approximate surface area is 213 Å². The highest BCUT2D eigenvalue weighted by molar-refractivity contribution is 5.70. The van der Waals surface area contributed by atoms with Crippen molar-refractivity contribution >= 4 is 23.1 Å². The predicted molar refractivity (Wildman–Crippen MR) is 149 cm³/mol. The SMILES string of the molecule is COc1ccc(N2CCN(c3nccc(Nc4ccc(-c5ccccc5)cc4C)n3)CC2(C)C)cc1. The van der Waals surface area contributed by atoms with E-state index in [1.54, 1.807) is 7.11 Å². The van der Waals surface area contributed by atoms with Gasteiger partial charge in [0.2, 0.25) is 5.95 Å². The molecule has 1 aliphatic rings. The Hall–Kier alpha value is -4.06. The molecule has 4 aromatic rings. The van der Waals surface area contributed by atoms with E-state index < -0.39 is 0 Å². The molecule has 0 spiro atoms. The Morgan fingerprint density at radius 1 is 0.889 bits per heavy atom. The van der Waals surface area contributed by atoms with E-state index in [2.05, 4.69) is 95.5 Å². The summed E-state index contributed by atoms with van der Waals surface area (Å²) in [5, 5.41) is 3.50. The molecule has 1 aliphatic heterocycles. The first-order chi connectivity index (χ1) is 17.4. The molecule has 1 N–H and O–H groups in total. The first kappa shape index (κ1) is 23.7. The van der Waals surface area contributed by atoms with Gasteiger partial charge in [-0.25, -0.2) is 4.98 Å². The number of nitrogens with zero attached hydrogens (tertiary/aromatic N) is 4. The lowest BCUT2D eigenvalue weighted by Crippen LogP contribution is -2.60. The van der Waals surface area contributed by atoms with E-state index in [9.17, 15) is 0 Å². The van der Waals surface area contributed by atoms with Crippen LogP contribution in [0.15, 0.2) is 85.1 Å². The quantitative estimate of drug-likeness (QED) is 0.350. The maximum atomic E-state index is 5.32. The van der Waals surface area contributed by atoms with Gasteiger partial charge in [0.05, 0.1) is 12.6 Å². The maximum Gasteiger partial charge on any atom is 0.227 e. The Morgan fingerprint density at radius 2 is 1.67 bits per heavy atom. The minimum absolute atomic E-state index is 0.0799. The van der Waals surface area contributed by atoms with Crippen LogP contribution in [0.4, 0.5) is 23.1 Å². The van der Waals surface area contributed by atoms with Gasteiger partial charge in [0.25, 0.3) is 0 Å². The van der Waals surface area contributed by atoms with Crippen molar-refractivity contribution in [3.63, 3.8) is 0 Å². The zero-order chi connectivity index (χ0) is 25.1. The molecule has 184 valence electrons. The minimum atomic E-state index is -0.0799. The molecule has 0 amide bonds. The third-order valence-electron chi connectivity index (χ3n) is 6.81. The van der Waals surface area contributed by atoms with Crippen LogP contribution in [-0.2, 0) is 0 Å². The molecule has 0 aliphatic carbocycles. The van der Waals surface area contributed by atoms with Crippen molar-refractivity contribution in [1.82, 2.24) is 9.97 Å². The van der Waals surface area contributed by atoms with E-state index in [-0.39, 0.29) is 5.54 Å². The van der Waals surface area contributed by atoms with Gasteiger partial charge in [-0.15, -0.1) is 0 Å². The third kappa shape index (κ3) is 4.98. The summed E-state index contributed by atoms with van der Waals surface area (Å²) >= 11 is 0. The highest BCUT2D eigenvalue weighted by atomic mass is 16.5. The standard InChI is InChI=1S/C30H33N5O/c1-22-20-24(23-8-6-5-7-9-23)10-15-27(22)32-28-16-17-31-29(33-28)34-18-19-35(30(2,3)21-34)25-11-13-26(36-4)14-12-25/h5-17,20H,18-19,21H2,1-4H3,(H,31,32,33). The lowest BCUT2D eigenvalue weighted by atomic mass is 9.98. The van der Waals surface area contributed by atoms with Crippen molar-refractivity contribution in [3.8, 4) is 16.9 Å². The zero-order valence-corrected chi connectivity index (χ0v) is 21.4. The first-order valence-electron chi connectivity index (χ1n) is 12.4. The number of hydrogen-bond donors (Lipinski definition) is 1.